The van der Waals surface area contributed by atoms with Gasteiger partial charge in [0, 0.05) is 19.2 Å². The summed E-state index contributed by atoms with van der Waals surface area (Å²) >= 11 is 0. The van der Waals surface area contributed by atoms with Gasteiger partial charge in [-0.3, -0.25) is 10.1 Å². The first-order chi connectivity index (χ1) is 10.5. The summed E-state index contributed by atoms with van der Waals surface area (Å²) in [5.74, 6) is -1.89. The van der Waals surface area contributed by atoms with Gasteiger partial charge in [-0.15, -0.1) is 6.58 Å². The van der Waals surface area contributed by atoms with Crippen LogP contribution in [-0.4, -0.2) is 31.6 Å². The fourth-order valence-electron chi connectivity index (χ4n) is 2.44. The van der Waals surface area contributed by atoms with E-state index in [0.29, 0.717) is 24.9 Å². The predicted octanol–water partition coefficient (Wildman–Crippen LogP) is 1.73. The monoisotopic (exact) mass is 309 g/mol. The highest BCUT2D eigenvalue weighted by Gasteiger charge is 2.24. The lowest BCUT2D eigenvalue weighted by Crippen LogP contribution is -2.45. The zero-order valence-corrected chi connectivity index (χ0v) is 12.0. The number of rotatable bonds is 4. The van der Waals surface area contributed by atoms with Crippen molar-refractivity contribution in [3.63, 3.8) is 0 Å². The normalized spacial score (nSPS) is 13.3. The summed E-state index contributed by atoms with van der Waals surface area (Å²) < 4.78 is 27.2. The topological polar surface area (TPSA) is 61.4 Å². The van der Waals surface area contributed by atoms with Crippen LogP contribution in [0.1, 0.15) is 12.0 Å². The highest BCUT2D eigenvalue weighted by molar-refractivity contribution is 5.96. The molecule has 0 aliphatic carbocycles. The van der Waals surface area contributed by atoms with Gasteiger partial charge in [-0.1, -0.05) is 6.08 Å². The van der Waals surface area contributed by atoms with Crippen LogP contribution in [0.15, 0.2) is 24.8 Å². The Labute approximate surface area is 127 Å². The molecular weight excluding hydrogens is 292 g/mol. The summed E-state index contributed by atoms with van der Waals surface area (Å²) in [5, 5.41) is 4.56. The van der Waals surface area contributed by atoms with Crippen LogP contribution in [0.25, 0.3) is 0 Å². The summed E-state index contributed by atoms with van der Waals surface area (Å²) in [7, 11) is 0. The van der Waals surface area contributed by atoms with Crippen LogP contribution < -0.4 is 15.5 Å². The van der Waals surface area contributed by atoms with E-state index in [1.54, 1.807) is 0 Å². The molecule has 118 valence electrons. The van der Waals surface area contributed by atoms with Crippen molar-refractivity contribution in [3.8, 4) is 0 Å². The maximum absolute atomic E-state index is 14.0. The number of hydrogen-bond acceptors (Lipinski definition) is 3. The van der Waals surface area contributed by atoms with E-state index < -0.39 is 23.6 Å². The smallest absolute Gasteiger partial charge is 0.321 e. The molecule has 0 unspecified atom stereocenters. The summed E-state index contributed by atoms with van der Waals surface area (Å²) in [5.41, 5.74) is 0.766. The highest BCUT2D eigenvalue weighted by atomic mass is 19.1. The number of amides is 3. The second-order valence-corrected chi connectivity index (χ2v) is 4.97. The first-order valence-electron chi connectivity index (χ1n) is 6.92. The van der Waals surface area contributed by atoms with Gasteiger partial charge in [0.05, 0.1) is 12.2 Å². The predicted molar refractivity (Wildman–Crippen MR) is 78.6 cm³/mol. The first-order valence-corrected chi connectivity index (χ1v) is 6.92. The Hall–Kier alpha value is -2.44. The van der Waals surface area contributed by atoms with Crippen LogP contribution in [0, 0.1) is 11.6 Å². The Morgan fingerprint density at radius 2 is 2.14 bits per heavy atom. The molecule has 5 nitrogen and oxygen atoms in total. The number of fused-ring (bicyclic) bond motifs is 1. The van der Waals surface area contributed by atoms with Crippen LogP contribution in [0.2, 0.25) is 0 Å². The average molecular weight is 309 g/mol. The number of aryl methyl sites for hydroxylation is 1. The van der Waals surface area contributed by atoms with Crippen LogP contribution in [0.3, 0.4) is 0 Å². The van der Waals surface area contributed by atoms with Gasteiger partial charge >= 0.3 is 6.03 Å². The third-order valence-electron chi connectivity index (χ3n) is 3.29. The average Bonchev–Trinajstić information content (AvgIpc) is 2.44. The molecule has 0 fully saturated rings. The molecule has 3 amide bonds. The number of benzene rings is 1. The number of nitrogens with zero attached hydrogens (tertiary/aromatic N) is 1. The molecule has 0 bridgehead atoms. The van der Waals surface area contributed by atoms with Gasteiger partial charge in [-0.05, 0) is 24.5 Å². The zero-order valence-electron chi connectivity index (χ0n) is 12.0. The minimum Gasteiger partial charge on any atom is -0.360 e. The Kier molecular flexibility index (Phi) is 5.08. The number of carbonyl (C=O) groups is 2. The molecule has 2 rings (SSSR count). The number of carbonyl (C=O) groups excluding carboxylic acids is 2. The molecule has 1 heterocycles. The van der Waals surface area contributed by atoms with Crippen molar-refractivity contribution in [2.24, 2.45) is 0 Å². The number of nitrogens with one attached hydrogen (secondary N) is 2. The minimum atomic E-state index is -0.696. The number of hydrogen-bond donors (Lipinski definition) is 2. The second-order valence-electron chi connectivity index (χ2n) is 4.97. The molecule has 0 saturated carbocycles. The van der Waals surface area contributed by atoms with Gasteiger partial charge in [-0.2, -0.15) is 0 Å². The fraction of sp³-hybridized carbons (Fsp3) is 0.333. The molecule has 22 heavy (non-hydrogen) atoms. The van der Waals surface area contributed by atoms with Gasteiger partial charge in [0.15, 0.2) is 0 Å². The third kappa shape index (κ3) is 3.81. The van der Waals surface area contributed by atoms with Crippen molar-refractivity contribution in [2.45, 2.75) is 12.8 Å². The van der Waals surface area contributed by atoms with Crippen molar-refractivity contribution in [3.05, 3.63) is 42.0 Å². The van der Waals surface area contributed by atoms with Gasteiger partial charge in [0.2, 0.25) is 5.91 Å². The maximum atomic E-state index is 14.0. The molecule has 1 aromatic rings. The van der Waals surface area contributed by atoms with E-state index in [1.807, 2.05) is 0 Å². The first kappa shape index (κ1) is 15.9. The molecule has 1 aromatic carbocycles. The zero-order chi connectivity index (χ0) is 16.1. The van der Waals surface area contributed by atoms with Crippen LogP contribution in [0.4, 0.5) is 19.3 Å². The lowest BCUT2D eigenvalue weighted by Gasteiger charge is -2.31. The van der Waals surface area contributed by atoms with Crippen molar-refractivity contribution in [1.29, 1.82) is 0 Å². The van der Waals surface area contributed by atoms with Gasteiger partial charge in [0.1, 0.15) is 11.6 Å². The van der Waals surface area contributed by atoms with E-state index in [0.717, 1.165) is 6.07 Å². The van der Waals surface area contributed by atoms with Crippen molar-refractivity contribution in [2.75, 3.05) is 24.5 Å². The number of imide groups is 1. The molecule has 2 N–H and O–H groups in total. The summed E-state index contributed by atoms with van der Waals surface area (Å²) in [6.45, 7) is 3.97. The summed E-state index contributed by atoms with van der Waals surface area (Å²) in [4.78, 5) is 24.7. The number of urea groups is 1. The van der Waals surface area contributed by atoms with Gasteiger partial charge in [-0.25, -0.2) is 13.6 Å². The summed E-state index contributed by atoms with van der Waals surface area (Å²) in [6.07, 6.45) is 2.72. The molecule has 0 saturated heterocycles. The number of halogens is 2. The van der Waals surface area contributed by atoms with Crippen molar-refractivity contribution in [1.82, 2.24) is 10.6 Å². The Morgan fingerprint density at radius 3 is 2.86 bits per heavy atom. The van der Waals surface area contributed by atoms with E-state index in [1.165, 1.54) is 17.0 Å². The lowest BCUT2D eigenvalue weighted by atomic mass is 10.0. The molecule has 1 aliphatic rings. The Bertz CT molecular complexity index is 605. The molecule has 1 aliphatic heterocycles. The molecule has 0 radical (unpaired) electrons. The number of anilines is 1. The lowest BCUT2D eigenvalue weighted by molar-refractivity contribution is -0.118. The van der Waals surface area contributed by atoms with E-state index in [4.69, 9.17) is 0 Å². The maximum Gasteiger partial charge on any atom is 0.321 e. The van der Waals surface area contributed by atoms with E-state index in [-0.39, 0.29) is 18.8 Å². The fourth-order valence-corrected chi connectivity index (χ4v) is 2.44. The standard InChI is InChI=1S/C15H17F2N3O2/c1-2-5-18-15(22)19-13(21)9-20-6-3-4-10-7-11(16)8-12(17)14(10)20/h2,7-8H,1,3-6,9H2,(H2,18,19,21,22). The molecule has 7 heteroatoms. The van der Waals surface area contributed by atoms with E-state index in [9.17, 15) is 18.4 Å². The largest absolute Gasteiger partial charge is 0.360 e. The molecule has 0 atom stereocenters. The SMILES string of the molecule is C=CCNC(=O)NC(=O)CN1CCCc2cc(F)cc(F)c21. The van der Waals surface area contributed by atoms with Gasteiger partial charge in [0.25, 0.3) is 0 Å². The Balaban J connectivity index is 2.05. The Morgan fingerprint density at radius 1 is 1.36 bits per heavy atom. The van der Waals surface area contributed by atoms with E-state index in [2.05, 4.69) is 17.2 Å². The van der Waals surface area contributed by atoms with E-state index >= 15 is 0 Å². The summed E-state index contributed by atoms with van der Waals surface area (Å²) in [6, 6.07) is 1.44. The van der Waals surface area contributed by atoms with Gasteiger partial charge < -0.3 is 10.2 Å². The van der Waals surface area contributed by atoms with Crippen LogP contribution in [-0.2, 0) is 11.2 Å². The van der Waals surface area contributed by atoms with Crippen molar-refractivity contribution >= 4 is 17.6 Å². The van der Waals surface area contributed by atoms with Crippen LogP contribution >= 0.6 is 0 Å². The second kappa shape index (κ2) is 7.02. The third-order valence-corrected chi connectivity index (χ3v) is 3.29. The molecule has 0 spiro atoms. The molecule has 0 aromatic heterocycles. The quantitative estimate of drug-likeness (QED) is 0.833. The highest BCUT2D eigenvalue weighted by Crippen LogP contribution is 2.30. The van der Waals surface area contributed by atoms with Crippen LogP contribution in [0.5, 0.6) is 0 Å². The van der Waals surface area contributed by atoms with Crippen molar-refractivity contribution < 1.29 is 18.4 Å². The molecular formula is C15H17F2N3O2. The minimum absolute atomic E-state index is 0.170.